The Balaban J connectivity index is 1.54. The summed E-state index contributed by atoms with van der Waals surface area (Å²) in [6.45, 7) is 5.55. The number of nitrogens with one attached hydrogen (secondary N) is 2. The maximum Gasteiger partial charge on any atom is 0.249 e. The Morgan fingerprint density at radius 3 is 2.58 bits per heavy atom. The number of hydrogen-bond acceptors (Lipinski definition) is 6. The number of nitrogens with zero attached hydrogens (tertiary/aromatic N) is 3. The van der Waals surface area contributed by atoms with E-state index in [1.165, 1.54) is 23.3 Å². The van der Waals surface area contributed by atoms with Crippen molar-refractivity contribution in [3.05, 3.63) is 66.0 Å². The highest BCUT2D eigenvalue weighted by molar-refractivity contribution is 6.30. The minimum atomic E-state index is -1.14. The lowest BCUT2D eigenvalue weighted by atomic mass is 10.2. The number of carbonyl (C=O) groups excluding carboxylic acids is 1. The summed E-state index contributed by atoms with van der Waals surface area (Å²) in [7, 11) is 0. The van der Waals surface area contributed by atoms with Crippen LogP contribution in [0.4, 0.5) is 11.4 Å². The first-order valence-electron chi connectivity index (χ1n) is 9.57. The first-order chi connectivity index (χ1) is 14.7. The Kier molecular flexibility index (Phi) is 7.06. The number of rotatable bonds is 7. The number of hydrogen-bond donors (Lipinski definition) is 3. The van der Waals surface area contributed by atoms with Crippen molar-refractivity contribution < 1.29 is 14.6 Å². The highest BCUT2D eigenvalue weighted by atomic mass is 35.5. The molecule has 1 unspecified atom stereocenters. The molecule has 0 radical (unpaired) electrons. The van der Waals surface area contributed by atoms with Gasteiger partial charge in [0.25, 0.3) is 0 Å². The Morgan fingerprint density at radius 1 is 1.19 bits per heavy atom. The van der Waals surface area contributed by atoms with E-state index in [-0.39, 0.29) is 5.91 Å². The zero-order valence-corrected chi connectivity index (χ0v) is 18.2. The van der Waals surface area contributed by atoms with E-state index in [2.05, 4.69) is 20.7 Å². The predicted molar refractivity (Wildman–Crippen MR) is 121 cm³/mol. The van der Waals surface area contributed by atoms with Gasteiger partial charge < -0.3 is 20.5 Å². The highest BCUT2D eigenvalue weighted by Gasteiger charge is 2.16. The monoisotopic (exact) mass is 441 g/mol. The summed E-state index contributed by atoms with van der Waals surface area (Å²) in [6.07, 6.45) is 3.23. The number of amides is 1. The van der Waals surface area contributed by atoms with Gasteiger partial charge in [0.15, 0.2) is 5.82 Å². The van der Waals surface area contributed by atoms with E-state index in [1.807, 2.05) is 32.9 Å². The topological polar surface area (TPSA) is 101 Å². The molecule has 1 heterocycles. The number of benzene rings is 2. The minimum Gasteiger partial charge on any atom is -0.351 e. The second-order valence-electron chi connectivity index (χ2n) is 7.67. The van der Waals surface area contributed by atoms with E-state index in [0.29, 0.717) is 22.2 Å². The molecule has 3 rings (SSSR count). The van der Waals surface area contributed by atoms with Crippen molar-refractivity contribution >= 4 is 35.1 Å². The molecule has 3 N–H and O–H groups in total. The average molecular weight is 442 g/mol. The number of aromatic nitrogens is 3. The molecule has 8 nitrogen and oxygen atoms in total. The fourth-order valence-corrected chi connectivity index (χ4v) is 2.78. The van der Waals surface area contributed by atoms with Crippen LogP contribution in [-0.2, 0) is 9.53 Å². The van der Waals surface area contributed by atoms with Crippen molar-refractivity contribution in [2.24, 2.45) is 0 Å². The molecule has 162 valence electrons. The van der Waals surface area contributed by atoms with E-state index >= 15 is 0 Å². The van der Waals surface area contributed by atoms with Gasteiger partial charge in [-0.1, -0.05) is 23.7 Å². The second-order valence-corrected chi connectivity index (χ2v) is 8.10. The molecule has 0 spiro atoms. The van der Waals surface area contributed by atoms with Crippen molar-refractivity contribution in [3.8, 4) is 11.4 Å². The number of halogens is 1. The standard InChI is InChI=1S/C22H24ClN5O3/c1-22(2,3)31-21(30)26-18-9-7-17(8-10-18)25-19(29)11-12-28-14-24-20(27-28)15-5-4-6-16(23)13-15/h4-14,21,26,30H,1-3H3,(H,25,29)/b12-11+. The predicted octanol–water partition coefficient (Wildman–Crippen LogP) is 4.21. The molecule has 0 saturated carbocycles. The minimum absolute atomic E-state index is 0.323. The molecule has 1 atom stereocenters. The summed E-state index contributed by atoms with van der Waals surface area (Å²) in [5.41, 5.74) is 1.56. The molecule has 0 aliphatic rings. The van der Waals surface area contributed by atoms with Gasteiger partial charge in [0.1, 0.15) is 6.33 Å². The molecule has 9 heteroatoms. The van der Waals surface area contributed by atoms with Gasteiger partial charge in [0.05, 0.1) is 5.60 Å². The molecule has 0 saturated heterocycles. The Morgan fingerprint density at radius 2 is 1.90 bits per heavy atom. The van der Waals surface area contributed by atoms with Crippen LogP contribution in [-0.4, -0.2) is 37.8 Å². The van der Waals surface area contributed by atoms with Crippen LogP contribution in [0.2, 0.25) is 5.02 Å². The summed E-state index contributed by atoms with van der Waals surface area (Å²) in [5, 5.41) is 20.4. The van der Waals surface area contributed by atoms with E-state index < -0.39 is 12.0 Å². The molecule has 31 heavy (non-hydrogen) atoms. The molecule has 1 amide bonds. The molecule has 2 aromatic carbocycles. The lowest BCUT2D eigenvalue weighted by Crippen LogP contribution is -2.32. The fraction of sp³-hybridized carbons (Fsp3) is 0.227. The van der Waals surface area contributed by atoms with Crippen LogP contribution >= 0.6 is 11.6 Å². The van der Waals surface area contributed by atoms with Crippen LogP contribution in [0, 0.1) is 0 Å². The van der Waals surface area contributed by atoms with Crippen LogP contribution in [0.25, 0.3) is 17.6 Å². The smallest absolute Gasteiger partial charge is 0.249 e. The lowest BCUT2D eigenvalue weighted by molar-refractivity contribution is -0.148. The van der Waals surface area contributed by atoms with Crippen LogP contribution < -0.4 is 10.6 Å². The normalized spacial score (nSPS) is 12.7. The molecule has 0 fully saturated rings. The largest absolute Gasteiger partial charge is 0.351 e. The van der Waals surface area contributed by atoms with Gasteiger partial charge in [0, 0.05) is 34.2 Å². The fourth-order valence-electron chi connectivity index (χ4n) is 2.59. The van der Waals surface area contributed by atoms with Crippen molar-refractivity contribution in [2.45, 2.75) is 32.8 Å². The van der Waals surface area contributed by atoms with Crippen molar-refractivity contribution in [3.63, 3.8) is 0 Å². The number of carbonyl (C=O) groups is 1. The number of aliphatic hydroxyl groups excluding tert-OH is 1. The van der Waals surface area contributed by atoms with Crippen molar-refractivity contribution in [1.29, 1.82) is 0 Å². The summed E-state index contributed by atoms with van der Waals surface area (Å²) in [5.74, 6) is 0.185. The van der Waals surface area contributed by atoms with Crippen molar-refractivity contribution in [1.82, 2.24) is 14.8 Å². The maximum absolute atomic E-state index is 12.2. The van der Waals surface area contributed by atoms with Crippen LogP contribution in [0.15, 0.2) is 60.9 Å². The third-order valence-corrected chi connectivity index (χ3v) is 4.11. The zero-order valence-electron chi connectivity index (χ0n) is 17.4. The molecule has 0 bridgehead atoms. The molecule has 0 aliphatic carbocycles. The molecular weight excluding hydrogens is 418 g/mol. The first-order valence-corrected chi connectivity index (χ1v) is 9.94. The van der Waals surface area contributed by atoms with Gasteiger partial charge >= 0.3 is 0 Å². The Labute approximate surface area is 185 Å². The summed E-state index contributed by atoms with van der Waals surface area (Å²) in [6, 6.07) is 14.1. The van der Waals surface area contributed by atoms with Gasteiger partial charge in [-0.3, -0.25) is 4.79 Å². The first kappa shape index (κ1) is 22.5. The summed E-state index contributed by atoms with van der Waals surface area (Å²) < 4.78 is 6.84. The van der Waals surface area contributed by atoms with Gasteiger partial charge in [-0.2, -0.15) is 0 Å². The molecule has 0 aliphatic heterocycles. The maximum atomic E-state index is 12.2. The Bertz CT molecular complexity index is 1060. The summed E-state index contributed by atoms with van der Waals surface area (Å²) >= 11 is 5.99. The van der Waals surface area contributed by atoms with E-state index in [0.717, 1.165) is 5.56 Å². The molecule has 1 aromatic heterocycles. The van der Waals surface area contributed by atoms with Gasteiger partial charge in [-0.05, 0) is 57.2 Å². The van der Waals surface area contributed by atoms with Gasteiger partial charge in [0.2, 0.25) is 12.3 Å². The quantitative estimate of drug-likeness (QED) is 0.375. The third kappa shape index (κ3) is 7.21. The van der Waals surface area contributed by atoms with Crippen LogP contribution in [0.3, 0.4) is 0 Å². The third-order valence-electron chi connectivity index (χ3n) is 3.88. The van der Waals surface area contributed by atoms with E-state index in [1.54, 1.807) is 36.4 Å². The SMILES string of the molecule is CC(C)(C)OC(O)Nc1ccc(NC(=O)/C=C/n2cnc(-c3cccc(Cl)c3)n2)cc1. The number of ether oxygens (including phenoxy) is 1. The number of aliphatic hydroxyl groups is 1. The zero-order chi connectivity index (χ0) is 22.4. The van der Waals surface area contributed by atoms with Gasteiger partial charge in [-0.15, -0.1) is 5.10 Å². The lowest BCUT2D eigenvalue weighted by Gasteiger charge is -2.24. The molecular formula is C22H24ClN5O3. The van der Waals surface area contributed by atoms with E-state index in [4.69, 9.17) is 16.3 Å². The van der Waals surface area contributed by atoms with Crippen LogP contribution in [0.5, 0.6) is 0 Å². The summed E-state index contributed by atoms with van der Waals surface area (Å²) in [4.78, 5) is 16.4. The van der Waals surface area contributed by atoms with Gasteiger partial charge in [-0.25, -0.2) is 9.67 Å². The van der Waals surface area contributed by atoms with E-state index in [9.17, 15) is 9.90 Å². The Hall–Kier alpha value is -3.20. The molecule has 3 aromatic rings. The second kappa shape index (κ2) is 9.74. The average Bonchev–Trinajstić information content (AvgIpc) is 3.16. The van der Waals surface area contributed by atoms with Crippen molar-refractivity contribution in [2.75, 3.05) is 10.6 Å². The number of anilines is 2. The van der Waals surface area contributed by atoms with Crippen LogP contribution in [0.1, 0.15) is 20.8 Å². The highest BCUT2D eigenvalue weighted by Crippen LogP contribution is 2.19.